The lowest BCUT2D eigenvalue weighted by Crippen LogP contribution is -2.19. The second-order valence-corrected chi connectivity index (χ2v) is 5.06. The zero-order valence-electron chi connectivity index (χ0n) is 10.00. The Kier molecular flexibility index (Phi) is 3.76. The number of thiophene rings is 1. The van der Waals surface area contributed by atoms with Crippen LogP contribution in [0.1, 0.15) is 23.5 Å². The van der Waals surface area contributed by atoms with E-state index in [0.29, 0.717) is 0 Å². The number of pyridine rings is 1. The summed E-state index contributed by atoms with van der Waals surface area (Å²) in [6, 6.07) is 7.91. The molecule has 0 saturated carbocycles. The van der Waals surface area contributed by atoms with E-state index in [1.54, 1.807) is 24.5 Å². The SMILES string of the molecule is CC(O)c1cccnc1N(C)Cc1cccs1. The summed E-state index contributed by atoms with van der Waals surface area (Å²) in [5, 5.41) is 11.8. The molecule has 1 N–H and O–H groups in total. The normalized spacial score (nSPS) is 12.4. The molecule has 1 atom stereocenters. The van der Waals surface area contributed by atoms with Gasteiger partial charge in [-0.2, -0.15) is 0 Å². The quantitative estimate of drug-likeness (QED) is 0.904. The molecule has 0 aliphatic carbocycles. The van der Waals surface area contributed by atoms with Gasteiger partial charge in [-0.25, -0.2) is 4.98 Å². The highest BCUT2D eigenvalue weighted by Gasteiger charge is 2.12. The van der Waals surface area contributed by atoms with Gasteiger partial charge in [0, 0.05) is 23.7 Å². The summed E-state index contributed by atoms with van der Waals surface area (Å²) in [6.45, 7) is 2.58. The summed E-state index contributed by atoms with van der Waals surface area (Å²) in [5.41, 5.74) is 0.867. The van der Waals surface area contributed by atoms with Crippen molar-refractivity contribution in [1.82, 2.24) is 4.98 Å². The van der Waals surface area contributed by atoms with Crippen LogP contribution < -0.4 is 4.90 Å². The molecular weight excluding hydrogens is 232 g/mol. The van der Waals surface area contributed by atoms with Crippen LogP contribution in [0.4, 0.5) is 5.82 Å². The third-order valence-corrected chi connectivity index (χ3v) is 3.46. The van der Waals surface area contributed by atoms with Gasteiger partial charge in [-0.1, -0.05) is 12.1 Å². The number of aliphatic hydroxyl groups is 1. The van der Waals surface area contributed by atoms with Gasteiger partial charge in [0.25, 0.3) is 0 Å². The van der Waals surface area contributed by atoms with E-state index < -0.39 is 6.10 Å². The van der Waals surface area contributed by atoms with Gasteiger partial charge in [0.05, 0.1) is 12.6 Å². The highest BCUT2D eigenvalue weighted by Crippen LogP contribution is 2.24. The Bertz CT molecular complexity index is 468. The maximum atomic E-state index is 9.72. The van der Waals surface area contributed by atoms with Crippen LogP contribution in [0.3, 0.4) is 0 Å². The molecule has 1 unspecified atom stereocenters. The van der Waals surface area contributed by atoms with Crippen molar-refractivity contribution in [2.45, 2.75) is 19.6 Å². The minimum atomic E-state index is -0.496. The van der Waals surface area contributed by atoms with Crippen LogP contribution in [-0.4, -0.2) is 17.1 Å². The minimum absolute atomic E-state index is 0.496. The van der Waals surface area contributed by atoms with Crippen molar-refractivity contribution >= 4 is 17.2 Å². The fraction of sp³-hybridized carbons (Fsp3) is 0.308. The lowest BCUT2D eigenvalue weighted by Gasteiger charge is -2.21. The molecule has 2 rings (SSSR count). The molecule has 0 aliphatic heterocycles. The molecule has 0 fully saturated rings. The monoisotopic (exact) mass is 248 g/mol. The first-order valence-corrected chi connectivity index (χ1v) is 6.43. The molecule has 2 aromatic rings. The van der Waals surface area contributed by atoms with Gasteiger partial charge in [-0.3, -0.25) is 0 Å². The van der Waals surface area contributed by atoms with Crippen LogP contribution in [0.5, 0.6) is 0 Å². The van der Waals surface area contributed by atoms with Crippen LogP contribution in [0.15, 0.2) is 35.8 Å². The molecule has 0 saturated heterocycles. The van der Waals surface area contributed by atoms with Gasteiger partial charge in [0.2, 0.25) is 0 Å². The Hall–Kier alpha value is -1.39. The molecule has 3 nitrogen and oxygen atoms in total. The number of hydrogen-bond acceptors (Lipinski definition) is 4. The first kappa shape index (κ1) is 12.1. The molecule has 4 heteroatoms. The first-order chi connectivity index (χ1) is 8.18. The lowest BCUT2D eigenvalue weighted by molar-refractivity contribution is 0.199. The third-order valence-electron chi connectivity index (χ3n) is 2.60. The topological polar surface area (TPSA) is 36.4 Å². The standard InChI is InChI=1S/C13H16N2OS/c1-10(16)12-6-3-7-14-13(12)15(2)9-11-5-4-8-17-11/h3-8,10,16H,9H2,1-2H3. The van der Waals surface area contributed by atoms with Gasteiger partial charge in [-0.15, -0.1) is 11.3 Å². The maximum Gasteiger partial charge on any atom is 0.134 e. The van der Waals surface area contributed by atoms with Gasteiger partial charge < -0.3 is 10.0 Å². The predicted molar refractivity (Wildman–Crippen MR) is 71.3 cm³/mol. The van der Waals surface area contributed by atoms with Crippen molar-refractivity contribution < 1.29 is 5.11 Å². The summed E-state index contributed by atoms with van der Waals surface area (Å²) in [4.78, 5) is 7.70. The number of nitrogens with zero attached hydrogens (tertiary/aromatic N) is 2. The summed E-state index contributed by atoms with van der Waals surface area (Å²) in [5.74, 6) is 0.843. The Morgan fingerprint density at radius 1 is 1.41 bits per heavy atom. The van der Waals surface area contributed by atoms with Crippen molar-refractivity contribution in [2.75, 3.05) is 11.9 Å². The van der Waals surface area contributed by atoms with Crippen LogP contribution in [-0.2, 0) is 6.54 Å². The highest BCUT2D eigenvalue weighted by molar-refractivity contribution is 7.09. The number of aliphatic hydroxyl groups excluding tert-OH is 1. The van der Waals surface area contributed by atoms with Gasteiger partial charge >= 0.3 is 0 Å². The largest absolute Gasteiger partial charge is 0.389 e. The molecular formula is C13H16N2OS. The molecule has 0 aliphatic rings. The molecule has 17 heavy (non-hydrogen) atoms. The summed E-state index contributed by atoms with van der Waals surface area (Å²) in [6.07, 6.45) is 1.26. The minimum Gasteiger partial charge on any atom is -0.389 e. The average molecular weight is 248 g/mol. The van der Waals surface area contributed by atoms with Crippen LogP contribution in [0.2, 0.25) is 0 Å². The average Bonchev–Trinajstić information content (AvgIpc) is 2.81. The van der Waals surface area contributed by atoms with Gasteiger partial charge in [0.15, 0.2) is 0 Å². The fourth-order valence-corrected chi connectivity index (χ4v) is 2.52. The van der Waals surface area contributed by atoms with Crippen LogP contribution in [0, 0.1) is 0 Å². The molecule has 0 amide bonds. The fourth-order valence-electron chi connectivity index (χ4n) is 1.77. The van der Waals surface area contributed by atoms with E-state index >= 15 is 0 Å². The molecule has 0 radical (unpaired) electrons. The molecule has 2 heterocycles. The Labute approximate surface area is 105 Å². The van der Waals surface area contributed by atoms with E-state index in [2.05, 4.69) is 21.3 Å². The summed E-state index contributed by atoms with van der Waals surface area (Å²) in [7, 11) is 1.99. The number of anilines is 1. The van der Waals surface area contributed by atoms with Crippen molar-refractivity contribution in [2.24, 2.45) is 0 Å². The number of aromatic nitrogens is 1. The Morgan fingerprint density at radius 3 is 2.88 bits per heavy atom. The predicted octanol–water partition coefficient (Wildman–Crippen LogP) is 2.83. The van der Waals surface area contributed by atoms with E-state index in [4.69, 9.17) is 0 Å². The molecule has 0 spiro atoms. The van der Waals surface area contributed by atoms with Crippen molar-refractivity contribution in [3.63, 3.8) is 0 Å². The molecule has 0 bridgehead atoms. The second kappa shape index (κ2) is 5.29. The summed E-state index contributed by atoms with van der Waals surface area (Å²) < 4.78 is 0. The van der Waals surface area contributed by atoms with Crippen molar-refractivity contribution in [3.05, 3.63) is 46.3 Å². The first-order valence-electron chi connectivity index (χ1n) is 5.55. The molecule has 2 aromatic heterocycles. The number of rotatable bonds is 4. The van der Waals surface area contributed by atoms with E-state index in [1.165, 1.54) is 4.88 Å². The van der Waals surface area contributed by atoms with E-state index in [-0.39, 0.29) is 0 Å². The maximum absolute atomic E-state index is 9.72. The van der Waals surface area contributed by atoms with Crippen molar-refractivity contribution in [3.8, 4) is 0 Å². The smallest absolute Gasteiger partial charge is 0.134 e. The Morgan fingerprint density at radius 2 is 2.24 bits per heavy atom. The van der Waals surface area contributed by atoms with Crippen LogP contribution in [0.25, 0.3) is 0 Å². The summed E-state index contributed by atoms with van der Waals surface area (Å²) >= 11 is 1.73. The van der Waals surface area contributed by atoms with E-state index in [9.17, 15) is 5.11 Å². The Balaban J connectivity index is 2.21. The highest BCUT2D eigenvalue weighted by atomic mass is 32.1. The van der Waals surface area contributed by atoms with Crippen molar-refractivity contribution in [1.29, 1.82) is 0 Å². The van der Waals surface area contributed by atoms with Crippen LogP contribution >= 0.6 is 11.3 Å². The third kappa shape index (κ3) is 2.84. The van der Waals surface area contributed by atoms with E-state index in [1.807, 2.05) is 25.2 Å². The molecule has 0 aromatic carbocycles. The second-order valence-electron chi connectivity index (χ2n) is 4.03. The number of hydrogen-bond donors (Lipinski definition) is 1. The van der Waals surface area contributed by atoms with E-state index in [0.717, 1.165) is 17.9 Å². The zero-order chi connectivity index (χ0) is 12.3. The van der Waals surface area contributed by atoms with Gasteiger partial charge in [0.1, 0.15) is 5.82 Å². The lowest BCUT2D eigenvalue weighted by atomic mass is 10.1. The van der Waals surface area contributed by atoms with Gasteiger partial charge in [-0.05, 0) is 24.4 Å². The molecule has 90 valence electrons. The zero-order valence-corrected chi connectivity index (χ0v) is 10.8.